The SMILES string of the molecule is O=S(=O)(c1ccc(F)cc1F)N1CCN(c2ccc(-c3ccco3)nn2)CC1. The Morgan fingerprint density at radius 2 is 1.75 bits per heavy atom. The first kappa shape index (κ1) is 18.5. The molecule has 0 N–H and O–H groups in total. The largest absolute Gasteiger partial charge is 0.463 e. The number of anilines is 1. The van der Waals surface area contributed by atoms with Crippen LogP contribution in [0.25, 0.3) is 11.5 Å². The second kappa shape index (κ2) is 7.28. The van der Waals surface area contributed by atoms with Crippen LogP contribution in [-0.2, 0) is 10.0 Å². The van der Waals surface area contributed by atoms with Gasteiger partial charge in [-0.15, -0.1) is 10.2 Å². The molecule has 1 fully saturated rings. The number of furan rings is 1. The van der Waals surface area contributed by atoms with Gasteiger partial charge in [0.1, 0.15) is 22.2 Å². The van der Waals surface area contributed by atoms with E-state index in [9.17, 15) is 17.2 Å². The zero-order chi connectivity index (χ0) is 19.7. The van der Waals surface area contributed by atoms with Crippen molar-refractivity contribution in [3.8, 4) is 11.5 Å². The lowest BCUT2D eigenvalue weighted by atomic mass is 10.3. The minimum Gasteiger partial charge on any atom is -0.463 e. The number of sulfonamides is 1. The van der Waals surface area contributed by atoms with E-state index in [1.165, 1.54) is 4.31 Å². The predicted molar refractivity (Wildman–Crippen MR) is 97.1 cm³/mol. The van der Waals surface area contributed by atoms with Gasteiger partial charge in [0.15, 0.2) is 11.6 Å². The topological polar surface area (TPSA) is 79.5 Å². The van der Waals surface area contributed by atoms with Gasteiger partial charge in [-0.3, -0.25) is 0 Å². The Labute approximate surface area is 160 Å². The normalized spacial score (nSPS) is 15.7. The molecular formula is C18H16F2N4O3S. The van der Waals surface area contributed by atoms with Crippen LogP contribution in [0.2, 0.25) is 0 Å². The number of benzene rings is 1. The minimum absolute atomic E-state index is 0.154. The highest BCUT2D eigenvalue weighted by molar-refractivity contribution is 7.89. The fourth-order valence-corrected chi connectivity index (χ4v) is 4.50. The summed E-state index contributed by atoms with van der Waals surface area (Å²) < 4.78 is 58.7. The Balaban J connectivity index is 1.45. The highest BCUT2D eigenvalue weighted by atomic mass is 32.2. The van der Waals surface area contributed by atoms with Crippen LogP contribution in [0, 0.1) is 11.6 Å². The molecule has 4 rings (SSSR count). The van der Waals surface area contributed by atoms with Gasteiger partial charge >= 0.3 is 0 Å². The molecule has 7 nitrogen and oxygen atoms in total. The molecule has 0 aliphatic carbocycles. The molecule has 3 heterocycles. The van der Waals surface area contributed by atoms with E-state index >= 15 is 0 Å². The summed E-state index contributed by atoms with van der Waals surface area (Å²) in [5, 5.41) is 8.30. The zero-order valence-corrected chi connectivity index (χ0v) is 15.4. The average Bonchev–Trinajstić information content (AvgIpc) is 3.23. The van der Waals surface area contributed by atoms with Crippen molar-refractivity contribution in [2.75, 3.05) is 31.1 Å². The molecule has 28 heavy (non-hydrogen) atoms. The summed E-state index contributed by atoms with van der Waals surface area (Å²) in [7, 11) is -4.03. The van der Waals surface area contributed by atoms with Crippen LogP contribution in [0.5, 0.6) is 0 Å². The molecule has 0 unspecified atom stereocenters. The molecule has 1 aliphatic rings. The molecule has 1 aliphatic heterocycles. The first-order valence-electron chi connectivity index (χ1n) is 8.53. The van der Waals surface area contributed by atoms with Crippen LogP contribution in [0.3, 0.4) is 0 Å². The summed E-state index contributed by atoms with van der Waals surface area (Å²) in [5.74, 6) is -0.698. The van der Waals surface area contributed by atoms with Crippen LogP contribution in [0.1, 0.15) is 0 Å². The van der Waals surface area contributed by atoms with Crippen molar-refractivity contribution < 1.29 is 21.6 Å². The number of hydrogen-bond donors (Lipinski definition) is 0. The Kier molecular flexibility index (Phi) is 4.82. The number of hydrogen-bond acceptors (Lipinski definition) is 6. The van der Waals surface area contributed by atoms with Gasteiger partial charge in [-0.25, -0.2) is 17.2 Å². The Hall–Kier alpha value is -2.85. The van der Waals surface area contributed by atoms with E-state index in [0.717, 1.165) is 12.1 Å². The first-order chi connectivity index (χ1) is 13.4. The zero-order valence-electron chi connectivity index (χ0n) is 14.6. The van der Waals surface area contributed by atoms with Gasteiger partial charge < -0.3 is 9.32 Å². The van der Waals surface area contributed by atoms with Crippen molar-refractivity contribution in [2.45, 2.75) is 4.90 Å². The van der Waals surface area contributed by atoms with E-state index in [1.807, 2.05) is 4.90 Å². The van der Waals surface area contributed by atoms with E-state index < -0.39 is 26.6 Å². The fourth-order valence-electron chi connectivity index (χ4n) is 3.03. The van der Waals surface area contributed by atoms with Crippen LogP contribution < -0.4 is 4.90 Å². The van der Waals surface area contributed by atoms with Gasteiger partial charge in [-0.1, -0.05) is 0 Å². The Bertz CT molecular complexity index is 1060. The van der Waals surface area contributed by atoms with E-state index in [1.54, 1.807) is 30.5 Å². The number of halogens is 2. The maximum absolute atomic E-state index is 13.9. The molecule has 0 amide bonds. The Morgan fingerprint density at radius 3 is 2.36 bits per heavy atom. The smallest absolute Gasteiger partial charge is 0.246 e. The third-order valence-electron chi connectivity index (χ3n) is 4.50. The van der Waals surface area contributed by atoms with Crippen molar-refractivity contribution in [3.05, 3.63) is 60.4 Å². The summed E-state index contributed by atoms with van der Waals surface area (Å²) in [6, 6.07) is 9.55. The molecule has 1 saturated heterocycles. The molecular weight excluding hydrogens is 390 g/mol. The van der Waals surface area contributed by atoms with Crippen LogP contribution in [0.15, 0.2) is 58.0 Å². The molecule has 2 aromatic heterocycles. The highest BCUT2D eigenvalue weighted by Crippen LogP contribution is 2.23. The standard InChI is InChI=1S/C18H16F2N4O3S/c19-13-3-5-17(14(20)12-13)28(25,26)24-9-7-23(8-10-24)18-6-4-15(21-22-18)16-2-1-11-27-16/h1-6,11-12H,7-10H2. The fraction of sp³-hybridized carbons (Fsp3) is 0.222. The van der Waals surface area contributed by atoms with Gasteiger partial charge in [-0.05, 0) is 36.4 Å². The molecule has 146 valence electrons. The van der Waals surface area contributed by atoms with Crippen molar-refractivity contribution in [1.82, 2.24) is 14.5 Å². The van der Waals surface area contributed by atoms with E-state index in [2.05, 4.69) is 10.2 Å². The quantitative estimate of drug-likeness (QED) is 0.663. The lowest BCUT2D eigenvalue weighted by Gasteiger charge is -2.34. The molecule has 0 radical (unpaired) electrons. The van der Waals surface area contributed by atoms with Crippen molar-refractivity contribution >= 4 is 15.8 Å². The maximum atomic E-state index is 13.9. The predicted octanol–water partition coefficient (Wildman–Crippen LogP) is 2.53. The minimum atomic E-state index is -4.03. The summed E-state index contributed by atoms with van der Waals surface area (Å²) in [5.41, 5.74) is 0.599. The third-order valence-corrected chi connectivity index (χ3v) is 6.43. The van der Waals surface area contributed by atoms with E-state index in [-0.39, 0.29) is 13.1 Å². The summed E-state index contributed by atoms with van der Waals surface area (Å²) >= 11 is 0. The summed E-state index contributed by atoms with van der Waals surface area (Å²) in [6.07, 6.45) is 1.55. The Morgan fingerprint density at radius 1 is 0.964 bits per heavy atom. The monoisotopic (exact) mass is 406 g/mol. The first-order valence-corrected chi connectivity index (χ1v) is 9.97. The van der Waals surface area contributed by atoms with Gasteiger partial charge in [0.2, 0.25) is 10.0 Å². The average molecular weight is 406 g/mol. The van der Waals surface area contributed by atoms with Crippen LogP contribution >= 0.6 is 0 Å². The van der Waals surface area contributed by atoms with Crippen molar-refractivity contribution in [3.63, 3.8) is 0 Å². The second-order valence-corrected chi connectivity index (χ2v) is 8.13. The van der Waals surface area contributed by atoms with Gasteiger partial charge in [0, 0.05) is 32.2 Å². The molecule has 0 spiro atoms. The third kappa shape index (κ3) is 3.48. The molecule has 1 aromatic carbocycles. The molecule has 0 saturated carbocycles. The van der Waals surface area contributed by atoms with Crippen LogP contribution in [-0.4, -0.2) is 49.1 Å². The lowest BCUT2D eigenvalue weighted by Crippen LogP contribution is -2.49. The second-order valence-electron chi connectivity index (χ2n) is 6.22. The van der Waals surface area contributed by atoms with Crippen LogP contribution in [0.4, 0.5) is 14.6 Å². The molecule has 0 bridgehead atoms. The highest BCUT2D eigenvalue weighted by Gasteiger charge is 2.31. The lowest BCUT2D eigenvalue weighted by molar-refractivity contribution is 0.380. The molecule has 0 atom stereocenters. The molecule has 10 heteroatoms. The van der Waals surface area contributed by atoms with Gasteiger partial charge in [0.25, 0.3) is 0 Å². The van der Waals surface area contributed by atoms with E-state index in [4.69, 9.17) is 4.42 Å². The maximum Gasteiger partial charge on any atom is 0.246 e. The summed E-state index contributed by atoms with van der Waals surface area (Å²) in [4.78, 5) is 1.37. The number of piperazine rings is 1. The molecule has 3 aromatic rings. The number of aromatic nitrogens is 2. The van der Waals surface area contributed by atoms with Gasteiger partial charge in [-0.2, -0.15) is 4.31 Å². The summed E-state index contributed by atoms with van der Waals surface area (Å²) in [6.45, 7) is 1.05. The van der Waals surface area contributed by atoms with Crippen molar-refractivity contribution in [2.24, 2.45) is 0 Å². The number of nitrogens with zero attached hydrogens (tertiary/aromatic N) is 4. The van der Waals surface area contributed by atoms with Crippen molar-refractivity contribution in [1.29, 1.82) is 0 Å². The number of rotatable bonds is 4. The van der Waals surface area contributed by atoms with Gasteiger partial charge in [0.05, 0.1) is 6.26 Å². The van der Waals surface area contributed by atoms with E-state index in [0.29, 0.717) is 36.4 Å².